The fourth-order valence-corrected chi connectivity index (χ4v) is 1.35. The van der Waals surface area contributed by atoms with Crippen molar-refractivity contribution in [1.29, 1.82) is 0 Å². The van der Waals surface area contributed by atoms with Crippen LogP contribution >= 0.6 is 0 Å². The minimum atomic E-state index is -0.00489. The molecule has 0 amide bonds. The van der Waals surface area contributed by atoms with Crippen molar-refractivity contribution in [2.24, 2.45) is 0 Å². The lowest BCUT2D eigenvalue weighted by Crippen LogP contribution is -2.04. The molecule has 0 unspecified atom stereocenters. The standard InChI is InChI=1S/C10H11N5O2/c1-17-5-2-3-7(16)6(4-5)8-13-9(11)15-10(12)14-8/h2-4,16H,1H3,(H4,11,12,13,14,15). The van der Waals surface area contributed by atoms with Crippen LogP contribution < -0.4 is 16.2 Å². The number of aromatic nitrogens is 3. The highest BCUT2D eigenvalue weighted by Gasteiger charge is 2.11. The molecular weight excluding hydrogens is 222 g/mol. The van der Waals surface area contributed by atoms with E-state index in [0.29, 0.717) is 11.3 Å². The van der Waals surface area contributed by atoms with Crippen LogP contribution in [-0.4, -0.2) is 27.2 Å². The van der Waals surface area contributed by atoms with Crippen molar-refractivity contribution in [2.75, 3.05) is 18.6 Å². The molecule has 1 heterocycles. The lowest BCUT2D eigenvalue weighted by molar-refractivity contribution is 0.412. The molecule has 88 valence electrons. The third-order valence-corrected chi connectivity index (χ3v) is 2.11. The summed E-state index contributed by atoms with van der Waals surface area (Å²) in [5.74, 6) is 0.766. The zero-order valence-corrected chi connectivity index (χ0v) is 9.08. The van der Waals surface area contributed by atoms with Crippen LogP contribution in [0.3, 0.4) is 0 Å². The Kier molecular flexibility index (Phi) is 2.65. The highest BCUT2D eigenvalue weighted by atomic mass is 16.5. The molecule has 0 spiro atoms. The molecule has 0 radical (unpaired) electrons. The van der Waals surface area contributed by atoms with E-state index in [9.17, 15) is 5.11 Å². The van der Waals surface area contributed by atoms with Crippen molar-refractivity contribution in [3.63, 3.8) is 0 Å². The van der Waals surface area contributed by atoms with E-state index in [1.807, 2.05) is 0 Å². The smallest absolute Gasteiger partial charge is 0.225 e. The van der Waals surface area contributed by atoms with E-state index in [0.717, 1.165) is 0 Å². The van der Waals surface area contributed by atoms with E-state index in [-0.39, 0.29) is 23.5 Å². The molecule has 1 aromatic carbocycles. The van der Waals surface area contributed by atoms with Crippen LogP contribution in [0.2, 0.25) is 0 Å². The van der Waals surface area contributed by atoms with Crippen molar-refractivity contribution in [1.82, 2.24) is 15.0 Å². The van der Waals surface area contributed by atoms with Crippen molar-refractivity contribution in [2.45, 2.75) is 0 Å². The third-order valence-electron chi connectivity index (χ3n) is 2.11. The molecule has 0 atom stereocenters. The maximum atomic E-state index is 9.73. The Balaban J connectivity index is 2.58. The summed E-state index contributed by atoms with van der Waals surface area (Å²) in [6, 6.07) is 4.68. The van der Waals surface area contributed by atoms with E-state index in [1.54, 1.807) is 12.1 Å². The summed E-state index contributed by atoms with van der Waals surface area (Å²) in [7, 11) is 1.52. The number of rotatable bonds is 2. The number of nitrogens with zero attached hydrogens (tertiary/aromatic N) is 3. The van der Waals surface area contributed by atoms with Gasteiger partial charge in [-0.15, -0.1) is 0 Å². The summed E-state index contributed by atoms with van der Waals surface area (Å²) >= 11 is 0. The summed E-state index contributed by atoms with van der Waals surface area (Å²) < 4.78 is 5.05. The molecule has 2 rings (SSSR count). The van der Waals surface area contributed by atoms with Crippen molar-refractivity contribution in [3.8, 4) is 22.9 Å². The van der Waals surface area contributed by atoms with Gasteiger partial charge in [-0.3, -0.25) is 0 Å². The first-order valence-electron chi connectivity index (χ1n) is 4.74. The average molecular weight is 233 g/mol. The van der Waals surface area contributed by atoms with Gasteiger partial charge in [-0.2, -0.15) is 15.0 Å². The number of hydrogen-bond donors (Lipinski definition) is 3. The molecule has 0 bridgehead atoms. The molecule has 0 aliphatic heterocycles. The first-order chi connectivity index (χ1) is 8.10. The Morgan fingerprint density at radius 2 is 1.76 bits per heavy atom. The predicted molar refractivity (Wildman–Crippen MR) is 62.3 cm³/mol. The van der Waals surface area contributed by atoms with Gasteiger partial charge in [-0.1, -0.05) is 0 Å². The van der Waals surface area contributed by atoms with Crippen LogP contribution in [0.5, 0.6) is 11.5 Å². The van der Waals surface area contributed by atoms with E-state index in [1.165, 1.54) is 13.2 Å². The second kappa shape index (κ2) is 4.12. The number of ether oxygens (including phenoxy) is 1. The molecule has 5 N–H and O–H groups in total. The monoisotopic (exact) mass is 233 g/mol. The van der Waals surface area contributed by atoms with E-state index in [4.69, 9.17) is 16.2 Å². The van der Waals surface area contributed by atoms with Crippen LogP contribution in [0.4, 0.5) is 11.9 Å². The molecule has 0 fully saturated rings. The van der Waals surface area contributed by atoms with Crippen molar-refractivity contribution >= 4 is 11.9 Å². The molecule has 0 saturated heterocycles. The Morgan fingerprint density at radius 3 is 2.35 bits per heavy atom. The lowest BCUT2D eigenvalue weighted by Gasteiger charge is -2.06. The highest BCUT2D eigenvalue weighted by Crippen LogP contribution is 2.30. The minimum absolute atomic E-state index is 0.00489. The first-order valence-corrected chi connectivity index (χ1v) is 4.74. The number of anilines is 2. The average Bonchev–Trinajstić information content (AvgIpc) is 2.28. The van der Waals surface area contributed by atoms with Gasteiger partial charge in [0.2, 0.25) is 11.9 Å². The summed E-state index contributed by atoms with van der Waals surface area (Å²) in [6.07, 6.45) is 0. The number of benzene rings is 1. The van der Waals surface area contributed by atoms with Gasteiger partial charge >= 0.3 is 0 Å². The highest BCUT2D eigenvalue weighted by molar-refractivity contribution is 5.66. The number of nitrogen functional groups attached to an aromatic ring is 2. The van der Waals surface area contributed by atoms with E-state index >= 15 is 0 Å². The zero-order valence-electron chi connectivity index (χ0n) is 9.08. The maximum absolute atomic E-state index is 9.73. The van der Waals surface area contributed by atoms with Gasteiger partial charge in [0.05, 0.1) is 12.7 Å². The Morgan fingerprint density at radius 1 is 1.12 bits per heavy atom. The molecule has 0 saturated carbocycles. The Hall–Kier alpha value is -2.57. The molecule has 7 heteroatoms. The van der Waals surface area contributed by atoms with Gasteiger partial charge < -0.3 is 21.3 Å². The summed E-state index contributed by atoms with van der Waals surface area (Å²) in [5, 5.41) is 9.73. The van der Waals surface area contributed by atoms with Crippen LogP contribution in [0.25, 0.3) is 11.4 Å². The second-order valence-electron chi connectivity index (χ2n) is 3.26. The minimum Gasteiger partial charge on any atom is -0.507 e. The lowest BCUT2D eigenvalue weighted by atomic mass is 10.2. The summed E-state index contributed by atoms with van der Waals surface area (Å²) in [4.78, 5) is 11.5. The van der Waals surface area contributed by atoms with Gasteiger partial charge in [0.15, 0.2) is 5.82 Å². The van der Waals surface area contributed by atoms with Gasteiger partial charge in [-0.05, 0) is 18.2 Å². The first kappa shape index (κ1) is 10.9. The molecule has 0 aliphatic carbocycles. The fraction of sp³-hybridized carbons (Fsp3) is 0.100. The van der Waals surface area contributed by atoms with Gasteiger partial charge in [0.1, 0.15) is 11.5 Å². The Bertz CT molecular complexity index is 538. The fourth-order valence-electron chi connectivity index (χ4n) is 1.35. The van der Waals surface area contributed by atoms with Crippen LogP contribution in [0.15, 0.2) is 18.2 Å². The van der Waals surface area contributed by atoms with E-state index in [2.05, 4.69) is 15.0 Å². The predicted octanol–water partition coefficient (Wildman–Crippen LogP) is 0.417. The molecule has 0 aliphatic rings. The summed E-state index contributed by atoms with van der Waals surface area (Å²) in [5.41, 5.74) is 11.3. The quantitative estimate of drug-likeness (QED) is 0.687. The molecular formula is C10H11N5O2. The summed E-state index contributed by atoms with van der Waals surface area (Å²) in [6.45, 7) is 0. The van der Waals surface area contributed by atoms with Crippen LogP contribution in [-0.2, 0) is 0 Å². The number of methoxy groups -OCH3 is 1. The van der Waals surface area contributed by atoms with Gasteiger partial charge in [-0.25, -0.2) is 0 Å². The van der Waals surface area contributed by atoms with Gasteiger partial charge in [0, 0.05) is 0 Å². The second-order valence-corrected chi connectivity index (χ2v) is 3.26. The molecule has 1 aromatic heterocycles. The number of phenolic OH excluding ortho intramolecular Hbond substituents is 1. The largest absolute Gasteiger partial charge is 0.507 e. The maximum Gasteiger partial charge on any atom is 0.225 e. The molecule has 7 nitrogen and oxygen atoms in total. The SMILES string of the molecule is COc1ccc(O)c(-c2nc(N)nc(N)n2)c1. The van der Waals surface area contributed by atoms with Crippen LogP contribution in [0, 0.1) is 0 Å². The zero-order chi connectivity index (χ0) is 12.4. The van der Waals surface area contributed by atoms with Crippen molar-refractivity contribution in [3.05, 3.63) is 18.2 Å². The number of aromatic hydroxyl groups is 1. The van der Waals surface area contributed by atoms with Gasteiger partial charge in [0.25, 0.3) is 0 Å². The van der Waals surface area contributed by atoms with E-state index < -0.39 is 0 Å². The number of phenols is 1. The number of hydrogen-bond acceptors (Lipinski definition) is 7. The van der Waals surface area contributed by atoms with Crippen LogP contribution in [0.1, 0.15) is 0 Å². The molecule has 2 aromatic rings. The topological polar surface area (TPSA) is 120 Å². The Labute approximate surface area is 97.1 Å². The van der Waals surface area contributed by atoms with Crippen molar-refractivity contribution < 1.29 is 9.84 Å². The third kappa shape index (κ3) is 2.17. The number of nitrogens with two attached hydrogens (primary N) is 2. The normalized spacial score (nSPS) is 10.2. The molecule has 17 heavy (non-hydrogen) atoms.